The van der Waals surface area contributed by atoms with Crippen molar-refractivity contribution in [2.75, 3.05) is 0 Å². The Labute approximate surface area is 114 Å². The maximum Gasteiger partial charge on any atom is 0.225 e. The third-order valence-corrected chi connectivity index (χ3v) is 4.98. The molecule has 0 unspecified atom stereocenters. The van der Waals surface area contributed by atoms with Crippen molar-refractivity contribution in [3.63, 3.8) is 0 Å². The van der Waals surface area contributed by atoms with E-state index in [1.54, 1.807) is 6.07 Å². The molecule has 0 aliphatic heterocycles. The summed E-state index contributed by atoms with van der Waals surface area (Å²) in [6, 6.07) is 7.42. The third-order valence-electron chi connectivity index (χ3n) is 1.90. The Morgan fingerprint density at radius 3 is 2.12 bits per heavy atom. The fourth-order valence-electron chi connectivity index (χ4n) is 1.17. The lowest BCUT2D eigenvalue weighted by atomic mass is 10.4. The van der Waals surface area contributed by atoms with E-state index >= 15 is 0 Å². The normalized spacial score (nSPS) is 14.1. The first kappa shape index (κ1) is 14.6. The summed E-state index contributed by atoms with van der Waals surface area (Å²) >= 11 is 16.6. The zero-order valence-electron chi connectivity index (χ0n) is 8.31. The molecule has 0 aliphatic carbocycles. The van der Waals surface area contributed by atoms with Gasteiger partial charge in [0.25, 0.3) is 0 Å². The van der Waals surface area contributed by atoms with Crippen LogP contribution < -0.4 is 5.32 Å². The SMILES string of the molecule is O=CN[C@H](C(Cl)(Cl)Cl)S(=O)(=O)c1ccccc1. The minimum Gasteiger partial charge on any atom is -0.338 e. The Kier molecular flexibility index (Phi) is 4.66. The van der Waals surface area contributed by atoms with Crippen molar-refractivity contribution in [1.82, 2.24) is 5.32 Å². The summed E-state index contributed by atoms with van der Waals surface area (Å²) in [5.74, 6) is 0. The first-order valence-corrected chi connectivity index (χ1v) is 7.03. The second-order valence-electron chi connectivity index (χ2n) is 3.06. The van der Waals surface area contributed by atoms with E-state index in [0.717, 1.165) is 0 Å². The Morgan fingerprint density at radius 2 is 1.71 bits per heavy atom. The number of benzene rings is 1. The maximum absolute atomic E-state index is 12.1. The van der Waals surface area contributed by atoms with Crippen LogP contribution in [0.2, 0.25) is 0 Å². The molecule has 0 aliphatic rings. The Hall–Kier alpha value is -0.490. The van der Waals surface area contributed by atoms with Crippen LogP contribution in [0.5, 0.6) is 0 Å². The summed E-state index contributed by atoms with van der Waals surface area (Å²) in [4.78, 5) is 10.4. The van der Waals surface area contributed by atoms with Crippen molar-refractivity contribution in [2.45, 2.75) is 14.1 Å². The second kappa shape index (κ2) is 5.44. The lowest BCUT2D eigenvalue weighted by molar-refractivity contribution is -0.109. The van der Waals surface area contributed by atoms with E-state index in [2.05, 4.69) is 0 Å². The standard InChI is InChI=1S/C9H8Cl3NO3S/c10-9(11,12)8(13-6-14)17(15,16)7-4-2-1-3-5-7/h1-6,8H,(H,13,14)/t8-/m0/s1. The molecule has 0 spiro atoms. The van der Waals surface area contributed by atoms with Gasteiger partial charge in [-0.15, -0.1) is 0 Å². The van der Waals surface area contributed by atoms with Gasteiger partial charge in [0.2, 0.25) is 20.0 Å². The van der Waals surface area contributed by atoms with Gasteiger partial charge in [-0.25, -0.2) is 8.42 Å². The Morgan fingerprint density at radius 1 is 1.18 bits per heavy atom. The Bertz CT molecular complexity index is 484. The molecule has 1 atom stereocenters. The summed E-state index contributed by atoms with van der Waals surface area (Å²) in [5.41, 5.74) is 0. The summed E-state index contributed by atoms with van der Waals surface area (Å²) in [5, 5.41) is 0.358. The Balaban J connectivity index is 3.24. The molecule has 1 amide bonds. The van der Waals surface area contributed by atoms with Gasteiger partial charge in [0, 0.05) is 0 Å². The number of nitrogens with one attached hydrogen (secondary N) is 1. The van der Waals surface area contributed by atoms with Gasteiger partial charge >= 0.3 is 0 Å². The van der Waals surface area contributed by atoms with Gasteiger partial charge in [0.15, 0.2) is 5.37 Å². The fraction of sp³-hybridized carbons (Fsp3) is 0.222. The van der Waals surface area contributed by atoms with Crippen molar-refractivity contribution >= 4 is 51.1 Å². The van der Waals surface area contributed by atoms with E-state index in [-0.39, 0.29) is 11.3 Å². The molecule has 0 aromatic heterocycles. The van der Waals surface area contributed by atoms with E-state index in [9.17, 15) is 13.2 Å². The topological polar surface area (TPSA) is 63.2 Å². The summed E-state index contributed by atoms with van der Waals surface area (Å²) in [7, 11) is -3.96. The predicted octanol–water partition coefficient (Wildman–Crippen LogP) is 1.90. The first-order chi connectivity index (χ1) is 7.80. The molecule has 0 bridgehead atoms. The molecule has 94 valence electrons. The molecule has 1 N–H and O–H groups in total. The highest BCUT2D eigenvalue weighted by molar-refractivity contribution is 7.92. The summed E-state index contributed by atoms with van der Waals surface area (Å²) in [6.45, 7) is 0. The summed E-state index contributed by atoms with van der Waals surface area (Å²) in [6.07, 6.45) is 0.174. The molecule has 8 heteroatoms. The number of alkyl halides is 3. The van der Waals surface area contributed by atoms with Gasteiger partial charge in [0.1, 0.15) is 0 Å². The quantitative estimate of drug-likeness (QED) is 0.681. The molecule has 4 nitrogen and oxygen atoms in total. The highest BCUT2D eigenvalue weighted by Crippen LogP contribution is 2.35. The maximum atomic E-state index is 12.1. The van der Waals surface area contributed by atoms with Crippen molar-refractivity contribution in [3.05, 3.63) is 30.3 Å². The molecule has 0 saturated heterocycles. The van der Waals surface area contributed by atoms with Crippen LogP contribution in [0.25, 0.3) is 0 Å². The van der Waals surface area contributed by atoms with E-state index < -0.39 is 19.0 Å². The van der Waals surface area contributed by atoms with Crippen molar-refractivity contribution in [3.8, 4) is 0 Å². The van der Waals surface area contributed by atoms with Gasteiger partial charge in [-0.3, -0.25) is 4.79 Å². The first-order valence-electron chi connectivity index (χ1n) is 4.35. The van der Waals surface area contributed by atoms with Crippen LogP contribution in [0.3, 0.4) is 0 Å². The smallest absolute Gasteiger partial charge is 0.225 e. The van der Waals surface area contributed by atoms with Gasteiger partial charge in [-0.05, 0) is 12.1 Å². The van der Waals surface area contributed by atoms with Crippen LogP contribution in [-0.4, -0.2) is 24.0 Å². The van der Waals surface area contributed by atoms with Gasteiger partial charge in [0.05, 0.1) is 4.90 Å². The molecular weight excluding hydrogens is 309 g/mol. The number of halogens is 3. The van der Waals surface area contributed by atoms with Crippen LogP contribution in [0.15, 0.2) is 35.2 Å². The minimum atomic E-state index is -3.96. The van der Waals surface area contributed by atoms with E-state index in [1.165, 1.54) is 24.3 Å². The molecule has 17 heavy (non-hydrogen) atoms. The van der Waals surface area contributed by atoms with Crippen LogP contribution >= 0.6 is 34.8 Å². The third kappa shape index (κ3) is 3.48. The van der Waals surface area contributed by atoms with Crippen LogP contribution in [0.1, 0.15) is 0 Å². The van der Waals surface area contributed by atoms with Crippen molar-refractivity contribution in [2.24, 2.45) is 0 Å². The molecule has 1 aromatic carbocycles. The van der Waals surface area contributed by atoms with Crippen LogP contribution in [0.4, 0.5) is 0 Å². The lowest BCUT2D eigenvalue weighted by Crippen LogP contribution is -2.45. The molecule has 1 aromatic rings. The number of carbonyl (C=O) groups excluding carboxylic acids is 1. The molecular formula is C9H8Cl3NO3S. The molecule has 0 heterocycles. The van der Waals surface area contributed by atoms with Gasteiger partial charge in [-0.2, -0.15) is 0 Å². The highest BCUT2D eigenvalue weighted by Gasteiger charge is 2.43. The molecule has 0 radical (unpaired) electrons. The lowest BCUT2D eigenvalue weighted by Gasteiger charge is -2.23. The molecule has 0 saturated carbocycles. The second-order valence-corrected chi connectivity index (χ2v) is 7.47. The van der Waals surface area contributed by atoms with E-state index in [1.807, 2.05) is 5.32 Å². The molecule has 0 fully saturated rings. The monoisotopic (exact) mass is 315 g/mol. The van der Waals surface area contributed by atoms with Gasteiger partial charge < -0.3 is 5.32 Å². The number of sulfone groups is 1. The molecule has 1 rings (SSSR count). The average Bonchev–Trinajstić information content (AvgIpc) is 2.25. The zero-order valence-corrected chi connectivity index (χ0v) is 11.4. The number of hydrogen-bond donors (Lipinski definition) is 1. The fourth-order valence-corrected chi connectivity index (χ4v) is 3.81. The zero-order chi connectivity index (χ0) is 13.1. The average molecular weight is 317 g/mol. The number of hydrogen-bond acceptors (Lipinski definition) is 3. The number of amides is 1. The predicted molar refractivity (Wildman–Crippen MR) is 66.9 cm³/mol. The van der Waals surface area contributed by atoms with Gasteiger partial charge in [-0.1, -0.05) is 53.0 Å². The number of rotatable bonds is 4. The summed E-state index contributed by atoms with van der Waals surface area (Å²) < 4.78 is 22.0. The highest BCUT2D eigenvalue weighted by atomic mass is 35.6. The van der Waals surface area contributed by atoms with E-state index in [4.69, 9.17) is 34.8 Å². The van der Waals surface area contributed by atoms with Crippen LogP contribution in [0, 0.1) is 0 Å². The van der Waals surface area contributed by atoms with Crippen LogP contribution in [-0.2, 0) is 14.6 Å². The van der Waals surface area contributed by atoms with Crippen molar-refractivity contribution < 1.29 is 13.2 Å². The van der Waals surface area contributed by atoms with E-state index in [0.29, 0.717) is 0 Å². The largest absolute Gasteiger partial charge is 0.338 e. The minimum absolute atomic E-state index is 0.0364. The number of carbonyl (C=O) groups is 1. The van der Waals surface area contributed by atoms with Crippen molar-refractivity contribution in [1.29, 1.82) is 0 Å².